The SMILES string of the molecule is SCCCSCCSCCSCC(CS)SCCS. The van der Waals surface area contributed by atoms with Gasteiger partial charge in [0.25, 0.3) is 0 Å². The summed E-state index contributed by atoms with van der Waals surface area (Å²) in [4.78, 5) is 0. The van der Waals surface area contributed by atoms with Crippen molar-refractivity contribution in [3.8, 4) is 0 Å². The molecule has 0 saturated carbocycles. The van der Waals surface area contributed by atoms with E-state index in [0.717, 1.165) is 23.0 Å². The van der Waals surface area contributed by atoms with Crippen molar-refractivity contribution in [2.45, 2.75) is 11.7 Å². The first-order chi connectivity index (χ1) is 9.35. The zero-order chi connectivity index (χ0) is 14.2. The van der Waals surface area contributed by atoms with Crippen molar-refractivity contribution in [3.05, 3.63) is 0 Å². The van der Waals surface area contributed by atoms with E-state index in [4.69, 9.17) is 0 Å². The van der Waals surface area contributed by atoms with Crippen LogP contribution in [0.1, 0.15) is 6.42 Å². The Hall–Kier alpha value is 2.45. The summed E-state index contributed by atoms with van der Waals surface area (Å²) >= 11 is 21.1. The third-order valence-electron chi connectivity index (χ3n) is 2.14. The third kappa shape index (κ3) is 16.6. The molecule has 0 rings (SSSR count). The van der Waals surface area contributed by atoms with Gasteiger partial charge in [0, 0.05) is 45.5 Å². The van der Waals surface area contributed by atoms with E-state index in [0.29, 0.717) is 5.25 Å². The normalized spacial score (nSPS) is 12.8. The van der Waals surface area contributed by atoms with Gasteiger partial charge in [0.05, 0.1) is 0 Å². The first kappa shape index (κ1) is 21.4. The van der Waals surface area contributed by atoms with Crippen LogP contribution in [0, 0.1) is 0 Å². The van der Waals surface area contributed by atoms with E-state index in [1.165, 1.54) is 40.9 Å². The molecule has 0 aromatic heterocycles. The molecule has 0 heterocycles. The Kier molecular flexibility index (Phi) is 20.9. The Balaban J connectivity index is 3.16. The van der Waals surface area contributed by atoms with Crippen LogP contribution in [0.4, 0.5) is 0 Å². The van der Waals surface area contributed by atoms with Crippen LogP contribution in [-0.4, -0.2) is 62.8 Å². The lowest BCUT2D eigenvalue weighted by Crippen LogP contribution is -2.10. The predicted octanol–water partition coefficient (Wildman–Crippen LogP) is 4.47. The molecule has 0 saturated heterocycles. The standard InChI is InChI=1S/C12H26S7/c13-2-1-4-16-6-7-17-8-9-18-11-12(10-15)19-5-3-14/h12-15H,1-11H2. The van der Waals surface area contributed by atoms with Gasteiger partial charge >= 0.3 is 0 Å². The molecule has 1 atom stereocenters. The molecule has 116 valence electrons. The zero-order valence-corrected chi connectivity index (χ0v) is 17.3. The van der Waals surface area contributed by atoms with Gasteiger partial charge < -0.3 is 0 Å². The maximum atomic E-state index is 4.41. The van der Waals surface area contributed by atoms with Gasteiger partial charge in [0.1, 0.15) is 0 Å². The molecule has 0 bridgehead atoms. The molecule has 0 aromatic rings. The van der Waals surface area contributed by atoms with Crippen LogP contribution >= 0.6 is 84.9 Å². The average Bonchev–Trinajstić information content (AvgIpc) is 2.44. The molecule has 0 spiro atoms. The van der Waals surface area contributed by atoms with E-state index >= 15 is 0 Å². The summed E-state index contributed by atoms with van der Waals surface area (Å²) < 4.78 is 0. The Morgan fingerprint density at radius 1 is 0.684 bits per heavy atom. The van der Waals surface area contributed by atoms with Crippen molar-refractivity contribution >= 4 is 84.9 Å². The zero-order valence-electron chi connectivity index (χ0n) is 11.3. The van der Waals surface area contributed by atoms with Crippen molar-refractivity contribution in [1.82, 2.24) is 0 Å². The fourth-order valence-electron chi connectivity index (χ4n) is 1.19. The van der Waals surface area contributed by atoms with Crippen molar-refractivity contribution in [2.75, 3.05) is 57.5 Å². The molecule has 0 aliphatic rings. The molecule has 0 aromatic carbocycles. The first-order valence-electron chi connectivity index (χ1n) is 6.52. The highest BCUT2D eigenvalue weighted by Crippen LogP contribution is 2.19. The van der Waals surface area contributed by atoms with E-state index in [2.05, 4.69) is 73.2 Å². The predicted molar refractivity (Wildman–Crippen MR) is 114 cm³/mol. The van der Waals surface area contributed by atoms with E-state index in [1.54, 1.807) is 0 Å². The second-order valence-corrected chi connectivity index (χ2v) is 10.0. The second-order valence-electron chi connectivity index (χ2n) is 3.78. The molecule has 19 heavy (non-hydrogen) atoms. The molecular weight excluding hydrogens is 369 g/mol. The van der Waals surface area contributed by atoms with E-state index < -0.39 is 0 Å². The van der Waals surface area contributed by atoms with E-state index in [1.807, 2.05) is 11.8 Å². The monoisotopic (exact) mass is 394 g/mol. The van der Waals surface area contributed by atoms with Crippen molar-refractivity contribution in [2.24, 2.45) is 0 Å². The highest BCUT2D eigenvalue weighted by Gasteiger charge is 2.06. The van der Waals surface area contributed by atoms with E-state index in [9.17, 15) is 0 Å². The Bertz CT molecular complexity index is 168. The summed E-state index contributed by atoms with van der Waals surface area (Å²) in [5.74, 6) is 11.8. The van der Waals surface area contributed by atoms with Crippen LogP contribution in [0.2, 0.25) is 0 Å². The lowest BCUT2D eigenvalue weighted by Gasteiger charge is -2.12. The molecule has 0 N–H and O–H groups in total. The van der Waals surface area contributed by atoms with Gasteiger partial charge in [-0.3, -0.25) is 0 Å². The summed E-state index contributed by atoms with van der Waals surface area (Å²) in [6.07, 6.45) is 1.24. The molecule has 0 aliphatic carbocycles. The molecule has 0 fully saturated rings. The number of thioether (sulfide) groups is 4. The molecule has 1 unspecified atom stereocenters. The van der Waals surface area contributed by atoms with Gasteiger partial charge in [-0.15, -0.1) is 0 Å². The molecule has 7 heteroatoms. The number of hydrogen-bond acceptors (Lipinski definition) is 7. The van der Waals surface area contributed by atoms with Gasteiger partial charge in [0.15, 0.2) is 0 Å². The maximum Gasteiger partial charge on any atom is 0.0226 e. The summed E-state index contributed by atoms with van der Waals surface area (Å²) in [6, 6.07) is 0. The lowest BCUT2D eigenvalue weighted by atomic mass is 10.5. The molecule has 0 nitrogen and oxygen atoms in total. The van der Waals surface area contributed by atoms with E-state index in [-0.39, 0.29) is 0 Å². The maximum absolute atomic E-state index is 4.41. The quantitative estimate of drug-likeness (QED) is 0.277. The highest BCUT2D eigenvalue weighted by molar-refractivity contribution is 8.05. The minimum Gasteiger partial charge on any atom is -0.179 e. The summed E-state index contributed by atoms with van der Waals surface area (Å²) in [5.41, 5.74) is 0. The van der Waals surface area contributed by atoms with Gasteiger partial charge in [-0.05, 0) is 23.7 Å². The summed E-state index contributed by atoms with van der Waals surface area (Å²) in [7, 11) is 0. The number of hydrogen-bond donors (Lipinski definition) is 3. The summed E-state index contributed by atoms with van der Waals surface area (Å²) in [6.45, 7) is 0. The third-order valence-corrected chi connectivity index (χ3v) is 8.83. The van der Waals surface area contributed by atoms with Crippen LogP contribution in [0.3, 0.4) is 0 Å². The topological polar surface area (TPSA) is 0 Å². The van der Waals surface area contributed by atoms with Crippen molar-refractivity contribution in [3.63, 3.8) is 0 Å². The van der Waals surface area contributed by atoms with Crippen molar-refractivity contribution in [1.29, 1.82) is 0 Å². The second kappa shape index (κ2) is 18.5. The van der Waals surface area contributed by atoms with Gasteiger partial charge in [-0.2, -0.15) is 84.9 Å². The minimum atomic E-state index is 0.697. The van der Waals surface area contributed by atoms with Gasteiger partial charge in [-0.1, -0.05) is 0 Å². The molecule has 0 radical (unpaired) electrons. The Labute approximate surface area is 153 Å². The highest BCUT2D eigenvalue weighted by atomic mass is 32.2. The lowest BCUT2D eigenvalue weighted by molar-refractivity contribution is 1.13. The Morgan fingerprint density at radius 2 is 1.32 bits per heavy atom. The molecular formula is C12H26S7. The Morgan fingerprint density at radius 3 is 1.89 bits per heavy atom. The molecule has 0 amide bonds. The minimum absolute atomic E-state index is 0.697. The smallest absolute Gasteiger partial charge is 0.0226 e. The fraction of sp³-hybridized carbons (Fsp3) is 1.00. The average molecular weight is 395 g/mol. The van der Waals surface area contributed by atoms with Gasteiger partial charge in [0.2, 0.25) is 0 Å². The number of rotatable bonds is 15. The summed E-state index contributed by atoms with van der Waals surface area (Å²) in [5, 5.41) is 0.697. The van der Waals surface area contributed by atoms with Crippen LogP contribution in [0.25, 0.3) is 0 Å². The van der Waals surface area contributed by atoms with Crippen LogP contribution in [-0.2, 0) is 0 Å². The largest absolute Gasteiger partial charge is 0.179 e. The number of thiol groups is 3. The molecule has 0 aliphatic heterocycles. The van der Waals surface area contributed by atoms with Crippen LogP contribution in [0.5, 0.6) is 0 Å². The van der Waals surface area contributed by atoms with Crippen LogP contribution < -0.4 is 0 Å². The fourth-order valence-corrected chi connectivity index (χ4v) is 6.91. The van der Waals surface area contributed by atoms with Gasteiger partial charge in [-0.25, -0.2) is 0 Å². The van der Waals surface area contributed by atoms with Crippen molar-refractivity contribution < 1.29 is 0 Å². The van der Waals surface area contributed by atoms with Crippen LogP contribution in [0.15, 0.2) is 0 Å². The first-order valence-corrected chi connectivity index (χ1v) is 12.9.